The predicted octanol–water partition coefficient (Wildman–Crippen LogP) is 1.69. The summed E-state index contributed by atoms with van der Waals surface area (Å²) in [6.07, 6.45) is 0. The molecule has 0 spiro atoms. The quantitative estimate of drug-likeness (QED) is 0.766. The average molecular weight is 297 g/mol. The van der Waals surface area contributed by atoms with Crippen LogP contribution in [0.25, 0.3) is 11.1 Å². The molecule has 0 unspecified atom stereocenters. The molecule has 0 aliphatic heterocycles. The van der Waals surface area contributed by atoms with Crippen LogP contribution in [0, 0.1) is 0 Å². The van der Waals surface area contributed by atoms with Crippen molar-refractivity contribution in [3.05, 3.63) is 64.6 Å². The van der Waals surface area contributed by atoms with E-state index in [1.54, 1.807) is 36.4 Å². The van der Waals surface area contributed by atoms with Crippen molar-refractivity contribution in [3.63, 3.8) is 0 Å². The molecule has 6 heteroatoms. The number of nitrogens with one attached hydrogen (secondary N) is 1. The maximum absolute atomic E-state index is 12.1. The number of rotatable bonds is 4. The van der Waals surface area contributed by atoms with Crippen LogP contribution in [-0.2, 0) is 17.9 Å². The number of fused-ring (bicyclic) bond motifs is 1. The summed E-state index contributed by atoms with van der Waals surface area (Å²) in [7, 11) is 0. The first kappa shape index (κ1) is 14.1. The third kappa shape index (κ3) is 2.77. The van der Waals surface area contributed by atoms with E-state index in [2.05, 4.69) is 5.32 Å². The number of aromatic nitrogens is 1. The number of hydrogen-bond acceptors (Lipinski definition) is 4. The number of hydrogen-bond donors (Lipinski definition) is 2. The summed E-state index contributed by atoms with van der Waals surface area (Å²) in [5.41, 5.74) is 8.23. The van der Waals surface area contributed by atoms with Crippen molar-refractivity contribution in [2.45, 2.75) is 13.1 Å². The van der Waals surface area contributed by atoms with Crippen LogP contribution in [0.1, 0.15) is 5.56 Å². The second-order valence-corrected chi connectivity index (χ2v) is 4.87. The van der Waals surface area contributed by atoms with Crippen molar-refractivity contribution < 1.29 is 9.21 Å². The van der Waals surface area contributed by atoms with Gasteiger partial charge in [0, 0.05) is 12.2 Å². The van der Waals surface area contributed by atoms with E-state index in [1.807, 2.05) is 12.1 Å². The van der Waals surface area contributed by atoms with E-state index in [4.69, 9.17) is 10.2 Å². The number of amides is 1. The standard InChI is InChI=1S/C16H15N3O3/c17-9-11-5-7-12(8-6-11)18-15(20)10-19-13-3-1-2-4-14(13)22-16(19)21/h1-8H,9-10,17H2,(H,18,20). The van der Waals surface area contributed by atoms with Crippen LogP contribution >= 0.6 is 0 Å². The fourth-order valence-corrected chi connectivity index (χ4v) is 2.23. The molecule has 0 saturated heterocycles. The number of nitrogens with zero attached hydrogens (tertiary/aromatic N) is 1. The first-order chi connectivity index (χ1) is 10.7. The Bertz CT molecular complexity index is 862. The van der Waals surface area contributed by atoms with E-state index in [9.17, 15) is 9.59 Å². The largest absolute Gasteiger partial charge is 0.420 e. The Labute approximate surface area is 126 Å². The summed E-state index contributed by atoms with van der Waals surface area (Å²) in [6.45, 7) is 0.346. The molecule has 0 aliphatic carbocycles. The van der Waals surface area contributed by atoms with Crippen LogP contribution in [-0.4, -0.2) is 10.5 Å². The number of para-hydroxylation sites is 2. The maximum Gasteiger partial charge on any atom is 0.420 e. The smallest absolute Gasteiger partial charge is 0.408 e. The van der Waals surface area contributed by atoms with Crippen molar-refractivity contribution >= 4 is 22.7 Å². The minimum atomic E-state index is -0.546. The Morgan fingerprint density at radius 3 is 2.59 bits per heavy atom. The first-order valence-corrected chi connectivity index (χ1v) is 6.84. The van der Waals surface area contributed by atoms with Crippen LogP contribution in [0.3, 0.4) is 0 Å². The highest BCUT2D eigenvalue weighted by Crippen LogP contribution is 2.13. The zero-order valence-electron chi connectivity index (χ0n) is 11.8. The van der Waals surface area contributed by atoms with Gasteiger partial charge in [0.05, 0.1) is 5.52 Å². The van der Waals surface area contributed by atoms with E-state index in [1.165, 1.54) is 4.57 Å². The van der Waals surface area contributed by atoms with Crippen molar-refractivity contribution in [3.8, 4) is 0 Å². The lowest BCUT2D eigenvalue weighted by Crippen LogP contribution is -2.24. The van der Waals surface area contributed by atoms with Gasteiger partial charge < -0.3 is 15.5 Å². The second-order valence-electron chi connectivity index (χ2n) is 4.87. The van der Waals surface area contributed by atoms with Crippen molar-refractivity contribution in [1.29, 1.82) is 0 Å². The van der Waals surface area contributed by atoms with Gasteiger partial charge >= 0.3 is 5.76 Å². The number of benzene rings is 2. The summed E-state index contributed by atoms with van der Waals surface area (Å²) in [5, 5.41) is 2.74. The fraction of sp³-hybridized carbons (Fsp3) is 0.125. The summed E-state index contributed by atoms with van der Waals surface area (Å²) in [5.74, 6) is -0.844. The molecule has 0 atom stereocenters. The molecule has 0 aliphatic rings. The van der Waals surface area contributed by atoms with Crippen molar-refractivity contribution in [2.24, 2.45) is 5.73 Å². The van der Waals surface area contributed by atoms with E-state index < -0.39 is 5.76 Å². The number of nitrogens with two attached hydrogens (primary N) is 1. The van der Waals surface area contributed by atoms with Crippen LogP contribution in [0.15, 0.2) is 57.7 Å². The van der Waals surface area contributed by atoms with Crippen LogP contribution in [0.5, 0.6) is 0 Å². The molecule has 112 valence electrons. The molecule has 0 fully saturated rings. The molecule has 0 saturated carbocycles. The molecule has 1 aromatic heterocycles. The first-order valence-electron chi connectivity index (χ1n) is 6.84. The Balaban J connectivity index is 1.78. The topological polar surface area (TPSA) is 90.3 Å². The summed E-state index contributed by atoms with van der Waals surface area (Å²) < 4.78 is 6.40. The van der Waals surface area contributed by atoms with Gasteiger partial charge in [0.25, 0.3) is 0 Å². The Morgan fingerprint density at radius 1 is 1.14 bits per heavy atom. The van der Waals surface area contributed by atoms with Crippen LogP contribution in [0.4, 0.5) is 5.69 Å². The molecule has 2 aromatic carbocycles. The van der Waals surface area contributed by atoms with E-state index >= 15 is 0 Å². The normalized spacial score (nSPS) is 10.8. The van der Waals surface area contributed by atoms with Gasteiger partial charge in [0.2, 0.25) is 5.91 Å². The van der Waals surface area contributed by atoms with Crippen LogP contribution < -0.4 is 16.8 Å². The third-order valence-corrected chi connectivity index (χ3v) is 3.35. The highest BCUT2D eigenvalue weighted by Gasteiger charge is 2.12. The molecule has 3 rings (SSSR count). The van der Waals surface area contributed by atoms with Crippen molar-refractivity contribution in [1.82, 2.24) is 4.57 Å². The third-order valence-electron chi connectivity index (χ3n) is 3.35. The lowest BCUT2D eigenvalue weighted by Gasteiger charge is -2.06. The molecule has 1 amide bonds. The predicted molar refractivity (Wildman–Crippen MR) is 83.4 cm³/mol. The maximum atomic E-state index is 12.1. The van der Waals surface area contributed by atoms with Gasteiger partial charge in [-0.3, -0.25) is 9.36 Å². The fourth-order valence-electron chi connectivity index (χ4n) is 2.23. The minimum Gasteiger partial charge on any atom is -0.408 e. The Hall–Kier alpha value is -2.86. The van der Waals surface area contributed by atoms with Gasteiger partial charge in [-0.1, -0.05) is 24.3 Å². The van der Waals surface area contributed by atoms with Gasteiger partial charge in [0.1, 0.15) is 6.54 Å². The number of carbonyl (C=O) groups is 1. The molecule has 22 heavy (non-hydrogen) atoms. The Kier molecular flexibility index (Phi) is 3.76. The number of anilines is 1. The van der Waals surface area contributed by atoms with E-state index in [-0.39, 0.29) is 12.5 Å². The van der Waals surface area contributed by atoms with Gasteiger partial charge in [0.15, 0.2) is 5.58 Å². The summed E-state index contributed by atoms with van der Waals surface area (Å²) in [4.78, 5) is 23.9. The summed E-state index contributed by atoms with van der Waals surface area (Å²) >= 11 is 0. The zero-order chi connectivity index (χ0) is 15.5. The molecule has 0 bridgehead atoms. The zero-order valence-corrected chi connectivity index (χ0v) is 11.8. The lowest BCUT2D eigenvalue weighted by molar-refractivity contribution is -0.116. The molecular formula is C16H15N3O3. The minimum absolute atomic E-state index is 0.103. The average Bonchev–Trinajstić information content (AvgIpc) is 2.84. The highest BCUT2D eigenvalue weighted by atomic mass is 16.4. The SMILES string of the molecule is NCc1ccc(NC(=O)Cn2c(=O)oc3ccccc32)cc1. The highest BCUT2D eigenvalue weighted by molar-refractivity contribution is 5.91. The molecule has 3 N–H and O–H groups in total. The lowest BCUT2D eigenvalue weighted by atomic mass is 10.2. The van der Waals surface area contributed by atoms with Crippen molar-refractivity contribution in [2.75, 3.05) is 5.32 Å². The van der Waals surface area contributed by atoms with Crippen LogP contribution in [0.2, 0.25) is 0 Å². The van der Waals surface area contributed by atoms with E-state index in [0.29, 0.717) is 23.3 Å². The number of carbonyl (C=O) groups excluding carboxylic acids is 1. The monoisotopic (exact) mass is 297 g/mol. The molecule has 6 nitrogen and oxygen atoms in total. The van der Waals surface area contributed by atoms with Gasteiger partial charge in [-0.25, -0.2) is 4.79 Å². The van der Waals surface area contributed by atoms with Gasteiger partial charge in [-0.2, -0.15) is 0 Å². The molecular weight excluding hydrogens is 282 g/mol. The Morgan fingerprint density at radius 2 is 1.86 bits per heavy atom. The molecule has 0 radical (unpaired) electrons. The number of oxazole rings is 1. The van der Waals surface area contributed by atoms with E-state index in [0.717, 1.165) is 5.56 Å². The molecule has 3 aromatic rings. The second kappa shape index (κ2) is 5.87. The molecule has 1 heterocycles. The van der Waals surface area contributed by atoms with Gasteiger partial charge in [-0.15, -0.1) is 0 Å². The van der Waals surface area contributed by atoms with Gasteiger partial charge in [-0.05, 0) is 29.8 Å². The summed E-state index contributed by atoms with van der Waals surface area (Å²) in [6, 6.07) is 14.2.